The fraction of sp³-hybridized carbons (Fsp3) is 0.462. The quantitative estimate of drug-likeness (QED) is 0.740. The number of pyridine rings is 1. The maximum Gasteiger partial charge on any atom is 0.0534 e. The van der Waals surface area contributed by atoms with Crippen LogP contribution in [0.15, 0.2) is 23.7 Å². The molecule has 2 heterocycles. The van der Waals surface area contributed by atoms with E-state index in [2.05, 4.69) is 59.2 Å². The molecule has 0 aromatic carbocycles. The zero-order valence-corrected chi connectivity index (χ0v) is 12.2. The van der Waals surface area contributed by atoms with Crippen LogP contribution in [0.25, 0.3) is 10.1 Å². The SMILES string of the molecule is CC(C)C(c1nccc2sccc12)C(C)Br. The van der Waals surface area contributed by atoms with Gasteiger partial charge in [-0.25, -0.2) is 0 Å². The Morgan fingerprint density at radius 2 is 2.00 bits per heavy atom. The van der Waals surface area contributed by atoms with E-state index in [9.17, 15) is 0 Å². The zero-order chi connectivity index (χ0) is 11.7. The average molecular weight is 298 g/mol. The first kappa shape index (κ1) is 12.1. The fourth-order valence-corrected chi connectivity index (χ4v) is 3.90. The number of hydrogen-bond donors (Lipinski definition) is 0. The van der Waals surface area contributed by atoms with Gasteiger partial charge in [-0.3, -0.25) is 4.98 Å². The lowest BCUT2D eigenvalue weighted by Crippen LogP contribution is -2.17. The Morgan fingerprint density at radius 3 is 2.62 bits per heavy atom. The summed E-state index contributed by atoms with van der Waals surface area (Å²) >= 11 is 5.50. The first-order chi connectivity index (χ1) is 7.61. The molecule has 3 heteroatoms. The summed E-state index contributed by atoms with van der Waals surface area (Å²) in [6.07, 6.45) is 1.93. The van der Waals surface area contributed by atoms with Crippen molar-refractivity contribution in [2.75, 3.05) is 0 Å². The van der Waals surface area contributed by atoms with Crippen molar-refractivity contribution in [3.05, 3.63) is 29.4 Å². The first-order valence-electron chi connectivity index (χ1n) is 5.57. The van der Waals surface area contributed by atoms with E-state index >= 15 is 0 Å². The summed E-state index contributed by atoms with van der Waals surface area (Å²) in [5, 5.41) is 3.46. The first-order valence-corrected chi connectivity index (χ1v) is 7.37. The molecule has 0 saturated heterocycles. The average Bonchev–Trinajstić information content (AvgIpc) is 2.65. The summed E-state index contributed by atoms with van der Waals surface area (Å²) in [5.74, 6) is 1.06. The van der Waals surface area contributed by atoms with Gasteiger partial charge in [-0.05, 0) is 23.4 Å². The molecule has 2 rings (SSSR count). The molecule has 0 aliphatic carbocycles. The smallest absolute Gasteiger partial charge is 0.0534 e. The van der Waals surface area contributed by atoms with Gasteiger partial charge < -0.3 is 0 Å². The minimum Gasteiger partial charge on any atom is -0.260 e. The van der Waals surface area contributed by atoms with E-state index in [4.69, 9.17) is 0 Å². The van der Waals surface area contributed by atoms with Crippen molar-refractivity contribution in [1.29, 1.82) is 0 Å². The minimum absolute atomic E-state index is 0.450. The molecule has 0 aliphatic heterocycles. The van der Waals surface area contributed by atoms with E-state index in [0.717, 1.165) is 0 Å². The van der Waals surface area contributed by atoms with Crippen LogP contribution >= 0.6 is 27.3 Å². The van der Waals surface area contributed by atoms with Crippen molar-refractivity contribution in [2.45, 2.75) is 31.5 Å². The Balaban J connectivity index is 2.56. The molecule has 2 aromatic rings. The molecule has 2 atom stereocenters. The van der Waals surface area contributed by atoms with Crippen LogP contribution < -0.4 is 0 Å². The topological polar surface area (TPSA) is 12.9 Å². The summed E-state index contributed by atoms with van der Waals surface area (Å²) < 4.78 is 1.34. The van der Waals surface area contributed by atoms with Gasteiger partial charge in [-0.15, -0.1) is 11.3 Å². The van der Waals surface area contributed by atoms with Gasteiger partial charge in [0.1, 0.15) is 0 Å². The lowest BCUT2D eigenvalue weighted by molar-refractivity contribution is 0.491. The van der Waals surface area contributed by atoms with Gasteiger partial charge in [0, 0.05) is 27.0 Å². The van der Waals surface area contributed by atoms with Crippen LogP contribution in [0.3, 0.4) is 0 Å². The van der Waals surface area contributed by atoms with Gasteiger partial charge in [-0.1, -0.05) is 36.7 Å². The third-order valence-corrected chi connectivity index (χ3v) is 4.39. The monoisotopic (exact) mass is 297 g/mol. The molecule has 2 unspecified atom stereocenters. The Bertz CT molecular complexity index is 467. The van der Waals surface area contributed by atoms with Crippen molar-refractivity contribution in [3.8, 4) is 0 Å². The summed E-state index contributed by atoms with van der Waals surface area (Å²) in [5.41, 5.74) is 1.23. The predicted molar refractivity (Wildman–Crippen MR) is 75.6 cm³/mol. The number of aromatic nitrogens is 1. The summed E-state index contributed by atoms with van der Waals surface area (Å²) in [6, 6.07) is 4.28. The van der Waals surface area contributed by atoms with E-state index < -0.39 is 0 Å². The van der Waals surface area contributed by atoms with E-state index in [1.807, 2.05) is 6.20 Å². The lowest BCUT2D eigenvalue weighted by atomic mass is 9.88. The molecule has 0 spiro atoms. The number of rotatable bonds is 3. The van der Waals surface area contributed by atoms with Gasteiger partial charge in [0.2, 0.25) is 0 Å². The molecule has 0 aliphatic rings. The molecule has 0 saturated carbocycles. The number of alkyl halides is 1. The second-order valence-electron chi connectivity index (χ2n) is 4.48. The molecular weight excluding hydrogens is 282 g/mol. The van der Waals surface area contributed by atoms with Crippen molar-refractivity contribution < 1.29 is 0 Å². The van der Waals surface area contributed by atoms with Crippen molar-refractivity contribution in [2.24, 2.45) is 5.92 Å². The Morgan fingerprint density at radius 1 is 1.25 bits per heavy atom. The summed E-state index contributed by atoms with van der Waals surface area (Å²) in [7, 11) is 0. The number of hydrogen-bond acceptors (Lipinski definition) is 2. The van der Waals surface area contributed by atoms with Crippen LogP contribution in [0, 0.1) is 5.92 Å². The Kier molecular flexibility index (Phi) is 3.65. The normalized spacial score (nSPS) is 15.6. The van der Waals surface area contributed by atoms with E-state index in [0.29, 0.717) is 16.7 Å². The van der Waals surface area contributed by atoms with Crippen molar-refractivity contribution in [1.82, 2.24) is 4.98 Å². The van der Waals surface area contributed by atoms with E-state index in [1.165, 1.54) is 15.8 Å². The molecule has 0 N–H and O–H groups in total. The van der Waals surface area contributed by atoms with Crippen molar-refractivity contribution in [3.63, 3.8) is 0 Å². The Hall–Kier alpha value is -0.410. The highest BCUT2D eigenvalue weighted by Crippen LogP contribution is 2.35. The lowest BCUT2D eigenvalue weighted by Gasteiger charge is -2.23. The predicted octanol–water partition coefficient (Wildman–Crippen LogP) is 4.82. The maximum absolute atomic E-state index is 4.60. The molecule has 1 nitrogen and oxygen atoms in total. The fourth-order valence-electron chi connectivity index (χ4n) is 2.25. The number of fused-ring (bicyclic) bond motifs is 1. The highest BCUT2D eigenvalue weighted by atomic mass is 79.9. The molecule has 0 radical (unpaired) electrons. The third-order valence-electron chi connectivity index (χ3n) is 2.94. The van der Waals surface area contributed by atoms with Gasteiger partial charge in [-0.2, -0.15) is 0 Å². The third kappa shape index (κ3) is 2.16. The molecule has 16 heavy (non-hydrogen) atoms. The van der Waals surface area contributed by atoms with E-state index in [1.54, 1.807) is 11.3 Å². The van der Waals surface area contributed by atoms with Gasteiger partial charge in [0.15, 0.2) is 0 Å². The van der Waals surface area contributed by atoms with Gasteiger partial charge >= 0.3 is 0 Å². The van der Waals surface area contributed by atoms with Gasteiger partial charge in [0.05, 0.1) is 5.69 Å². The van der Waals surface area contributed by atoms with Crippen LogP contribution in [0.4, 0.5) is 0 Å². The van der Waals surface area contributed by atoms with Crippen LogP contribution in [0.5, 0.6) is 0 Å². The number of nitrogens with zero attached hydrogens (tertiary/aromatic N) is 1. The summed E-state index contributed by atoms with van der Waals surface area (Å²) in [4.78, 5) is 5.05. The highest BCUT2D eigenvalue weighted by Gasteiger charge is 2.24. The van der Waals surface area contributed by atoms with Crippen LogP contribution in [0.2, 0.25) is 0 Å². The summed E-state index contributed by atoms with van der Waals surface area (Å²) in [6.45, 7) is 6.72. The highest BCUT2D eigenvalue weighted by molar-refractivity contribution is 9.09. The largest absolute Gasteiger partial charge is 0.260 e. The molecule has 86 valence electrons. The second kappa shape index (κ2) is 4.84. The van der Waals surface area contributed by atoms with Crippen LogP contribution in [-0.4, -0.2) is 9.81 Å². The number of halogens is 1. The Labute approximate surface area is 109 Å². The van der Waals surface area contributed by atoms with Crippen LogP contribution in [0.1, 0.15) is 32.4 Å². The maximum atomic E-state index is 4.60. The molecule has 0 amide bonds. The van der Waals surface area contributed by atoms with E-state index in [-0.39, 0.29) is 0 Å². The molecule has 0 fully saturated rings. The van der Waals surface area contributed by atoms with Crippen LogP contribution in [-0.2, 0) is 0 Å². The van der Waals surface area contributed by atoms with Gasteiger partial charge in [0.25, 0.3) is 0 Å². The molecule has 0 bridgehead atoms. The number of thiophene rings is 1. The standard InChI is InChI=1S/C13H16BrNS/c1-8(2)12(9(3)14)13-10-5-7-16-11(10)4-6-15-13/h4-9,12H,1-3H3. The second-order valence-corrected chi connectivity index (χ2v) is 6.87. The molecule has 2 aromatic heterocycles. The molecular formula is C13H16BrNS. The minimum atomic E-state index is 0.450. The zero-order valence-electron chi connectivity index (χ0n) is 9.77. The van der Waals surface area contributed by atoms with Crippen molar-refractivity contribution >= 4 is 37.4 Å².